The molecule has 0 saturated carbocycles. The van der Waals surface area contributed by atoms with Crippen LogP contribution >= 0.6 is 0 Å². The standard InChI is InChI=1S/C9H8N4O/c1-7(14)9-3-2-8(4-11-9)13-6-10-5-12-13/h2-6H,1H3. The molecule has 5 heteroatoms. The summed E-state index contributed by atoms with van der Waals surface area (Å²) in [7, 11) is 0. The Balaban J connectivity index is 2.36. The van der Waals surface area contributed by atoms with E-state index < -0.39 is 0 Å². The van der Waals surface area contributed by atoms with Crippen molar-refractivity contribution < 1.29 is 4.79 Å². The Morgan fingerprint density at radius 2 is 2.29 bits per heavy atom. The highest BCUT2D eigenvalue weighted by Gasteiger charge is 2.01. The van der Waals surface area contributed by atoms with E-state index in [0.717, 1.165) is 5.69 Å². The third-order valence-electron chi connectivity index (χ3n) is 1.79. The van der Waals surface area contributed by atoms with E-state index >= 15 is 0 Å². The van der Waals surface area contributed by atoms with Gasteiger partial charge in [0, 0.05) is 6.92 Å². The largest absolute Gasteiger partial charge is 0.293 e. The molecule has 0 aliphatic heterocycles. The maximum atomic E-state index is 10.9. The molecule has 0 spiro atoms. The minimum Gasteiger partial charge on any atom is -0.293 e. The summed E-state index contributed by atoms with van der Waals surface area (Å²) < 4.78 is 1.58. The molecule has 2 heterocycles. The lowest BCUT2D eigenvalue weighted by Gasteiger charge is -1.99. The molecule has 0 atom stereocenters. The number of Topliss-reactive ketones (excluding diaryl/α,β-unsaturated/α-hetero) is 1. The molecule has 5 nitrogen and oxygen atoms in total. The van der Waals surface area contributed by atoms with E-state index in [0.29, 0.717) is 5.69 Å². The van der Waals surface area contributed by atoms with Crippen molar-refractivity contribution in [2.45, 2.75) is 6.92 Å². The summed E-state index contributed by atoms with van der Waals surface area (Å²) >= 11 is 0. The van der Waals surface area contributed by atoms with Gasteiger partial charge >= 0.3 is 0 Å². The number of rotatable bonds is 2. The predicted molar refractivity (Wildman–Crippen MR) is 49.2 cm³/mol. The van der Waals surface area contributed by atoms with Crippen LogP contribution in [0.2, 0.25) is 0 Å². The zero-order valence-corrected chi connectivity index (χ0v) is 7.58. The molecule has 2 rings (SSSR count). The van der Waals surface area contributed by atoms with Gasteiger partial charge in [-0.15, -0.1) is 0 Å². The van der Waals surface area contributed by atoms with Gasteiger partial charge in [-0.05, 0) is 12.1 Å². The molecule has 2 aromatic rings. The molecule has 2 aromatic heterocycles. The Kier molecular flexibility index (Phi) is 2.06. The van der Waals surface area contributed by atoms with Crippen LogP contribution in [0.25, 0.3) is 5.69 Å². The van der Waals surface area contributed by atoms with Crippen LogP contribution in [-0.4, -0.2) is 25.5 Å². The number of hydrogen-bond acceptors (Lipinski definition) is 4. The maximum Gasteiger partial charge on any atom is 0.178 e. The van der Waals surface area contributed by atoms with Gasteiger partial charge in [0.1, 0.15) is 18.3 Å². The molecule has 0 amide bonds. The first-order valence-corrected chi connectivity index (χ1v) is 4.09. The predicted octanol–water partition coefficient (Wildman–Crippen LogP) is 0.865. The van der Waals surface area contributed by atoms with Crippen LogP contribution in [0.3, 0.4) is 0 Å². The molecule has 0 bridgehead atoms. The van der Waals surface area contributed by atoms with Crippen LogP contribution in [0, 0.1) is 0 Å². The Bertz CT molecular complexity index is 432. The number of ketones is 1. The fourth-order valence-electron chi connectivity index (χ4n) is 1.07. The normalized spacial score (nSPS) is 10.1. The van der Waals surface area contributed by atoms with Crippen molar-refractivity contribution in [1.82, 2.24) is 19.7 Å². The number of hydrogen-bond donors (Lipinski definition) is 0. The van der Waals surface area contributed by atoms with Gasteiger partial charge in [-0.25, -0.2) is 9.67 Å². The number of pyridine rings is 1. The summed E-state index contributed by atoms with van der Waals surface area (Å²) in [6, 6.07) is 3.44. The summed E-state index contributed by atoms with van der Waals surface area (Å²) in [4.78, 5) is 18.8. The molecule has 0 aliphatic rings. The van der Waals surface area contributed by atoms with E-state index in [1.807, 2.05) is 0 Å². The van der Waals surface area contributed by atoms with Gasteiger partial charge in [0.05, 0.1) is 11.9 Å². The van der Waals surface area contributed by atoms with Crippen molar-refractivity contribution in [2.24, 2.45) is 0 Å². The molecule has 0 radical (unpaired) electrons. The number of nitrogens with zero attached hydrogens (tertiary/aromatic N) is 4. The lowest BCUT2D eigenvalue weighted by Crippen LogP contribution is -1.99. The summed E-state index contributed by atoms with van der Waals surface area (Å²) in [5.41, 5.74) is 1.24. The average molecular weight is 188 g/mol. The lowest BCUT2D eigenvalue weighted by molar-refractivity contribution is 0.101. The van der Waals surface area contributed by atoms with E-state index in [-0.39, 0.29) is 5.78 Å². The average Bonchev–Trinajstić information content (AvgIpc) is 2.71. The van der Waals surface area contributed by atoms with Gasteiger partial charge in [0.25, 0.3) is 0 Å². The number of carbonyl (C=O) groups is 1. The Morgan fingerprint density at radius 3 is 2.79 bits per heavy atom. The second kappa shape index (κ2) is 3.37. The first-order valence-electron chi connectivity index (χ1n) is 4.09. The van der Waals surface area contributed by atoms with Crippen LogP contribution in [0.5, 0.6) is 0 Å². The summed E-state index contributed by atoms with van der Waals surface area (Å²) in [6.07, 6.45) is 4.61. The first-order chi connectivity index (χ1) is 6.77. The topological polar surface area (TPSA) is 60.7 Å². The zero-order valence-electron chi connectivity index (χ0n) is 7.58. The Morgan fingerprint density at radius 1 is 1.43 bits per heavy atom. The minimum absolute atomic E-state index is 0.0462. The molecular formula is C9H8N4O. The van der Waals surface area contributed by atoms with Gasteiger partial charge in [0.2, 0.25) is 0 Å². The van der Waals surface area contributed by atoms with Gasteiger partial charge in [-0.2, -0.15) is 5.10 Å². The Hall–Kier alpha value is -2.04. The van der Waals surface area contributed by atoms with Crippen molar-refractivity contribution in [1.29, 1.82) is 0 Å². The first kappa shape index (κ1) is 8.55. The lowest BCUT2D eigenvalue weighted by atomic mass is 10.2. The van der Waals surface area contributed by atoms with Crippen LogP contribution in [-0.2, 0) is 0 Å². The quantitative estimate of drug-likeness (QED) is 0.656. The van der Waals surface area contributed by atoms with Gasteiger partial charge in [-0.1, -0.05) is 0 Å². The highest BCUT2D eigenvalue weighted by Crippen LogP contribution is 2.04. The van der Waals surface area contributed by atoms with Crippen molar-refractivity contribution in [3.05, 3.63) is 36.7 Å². The van der Waals surface area contributed by atoms with Crippen LogP contribution in [0.4, 0.5) is 0 Å². The third kappa shape index (κ3) is 1.52. The Labute approximate surface area is 80.4 Å². The van der Waals surface area contributed by atoms with Crippen LogP contribution in [0.1, 0.15) is 17.4 Å². The van der Waals surface area contributed by atoms with Crippen molar-refractivity contribution in [3.8, 4) is 5.69 Å². The van der Waals surface area contributed by atoms with Gasteiger partial charge < -0.3 is 0 Å². The van der Waals surface area contributed by atoms with Crippen LogP contribution in [0.15, 0.2) is 31.0 Å². The number of aromatic nitrogens is 4. The molecule has 0 saturated heterocycles. The monoisotopic (exact) mass is 188 g/mol. The molecule has 70 valence electrons. The third-order valence-corrected chi connectivity index (χ3v) is 1.79. The molecular weight excluding hydrogens is 180 g/mol. The highest BCUT2D eigenvalue weighted by atomic mass is 16.1. The van der Waals surface area contributed by atoms with Crippen molar-refractivity contribution in [2.75, 3.05) is 0 Å². The summed E-state index contributed by atoms with van der Waals surface area (Å²) in [5.74, 6) is -0.0462. The van der Waals surface area contributed by atoms with E-state index in [1.165, 1.54) is 13.3 Å². The zero-order chi connectivity index (χ0) is 9.97. The smallest absolute Gasteiger partial charge is 0.178 e. The molecule has 0 N–H and O–H groups in total. The molecule has 14 heavy (non-hydrogen) atoms. The summed E-state index contributed by atoms with van der Waals surface area (Å²) in [5, 5.41) is 3.94. The second-order valence-electron chi connectivity index (χ2n) is 2.80. The van der Waals surface area contributed by atoms with Gasteiger partial charge in [0.15, 0.2) is 5.78 Å². The SMILES string of the molecule is CC(=O)c1ccc(-n2cncn2)cn1. The van der Waals surface area contributed by atoms with E-state index in [4.69, 9.17) is 0 Å². The molecule has 0 aliphatic carbocycles. The van der Waals surface area contributed by atoms with E-state index in [2.05, 4.69) is 15.1 Å². The number of carbonyl (C=O) groups excluding carboxylic acids is 1. The molecule has 0 aromatic carbocycles. The molecule has 0 fully saturated rings. The van der Waals surface area contributed by atoms with Gasteiger partial charge in [-0.3, -0.25) is 9.78 Å². The van der Waals surface area contributed by atoms with E-state index in [1.54, 1.807) is 29.3 Å². The fourth-order valence-corrected chi connectivity index (χ4v) is 1.07. The summed E-state index contributed by atoms with van der Waals surface area (Å²) in [6.45, 7) is 1.48. The second-order valence-corrected chi connectivity index (χ2v) is 2.80. The maximum absolute atomic E-state index is 10.9. The minimum atomic E-state index is -0.0462. The highest BCUT2D eigenvalue weighted by molar-refractivity contribution is 5.92. The van der Waals surface area contributed by atoms with E-state index in [9.17, 15) is 4.79 Å². The fraction of sp³-hybridized carbons (Fsp3) is 0.111. The van der Waals surface area contributed by atoms with Crippen LogP contribution < -0.4 is 0 Å². The van der Waals surface area contributed by atoms with Crippen molar-refractivity contribution >= 4 is 5.78 Å². The molecule has 0 unspecified atom stereocenters. The van der Waals surface area contributed by atoms with Crippen molar-refractivity contribution in [3.63, 3.8) is 0 Å².